The average molecular weight is 403 g/mol. The quantitative estimate of drug-likeness (QED) is 0.457. The molecule has 2 aromatic heterocycles. The number of pyridine rings is 1. The smallest absolute Gasteiger partial charge is 0.124 e. The lowest BCUT2D eigenvalue weighted by molar-refractivity contribution is 0.414. The van der Waals surface area contributed by atoms with E-state index in [0.29, 0.717) is 5.82 Å². The van der Waals surface area contributed by atoms with Crippen molar-refractivity contribution in [2.24, 2.45) is 0 Å². The van der Waals surface area contributed by atoms with E-state index < -0.39 is 0 Å². The van der Waals surface area contributed by atoms with Crippen LogP contribution in [0.3, 0.4) is 0 Å². The molecule has 5 heteroatoms. The van der Waals surface area contributed by atoms with Gasteiger partial charge in [-0.1, -0.05) is 30.3 Å². The first-order valence-corrected chi connectivity index (χ1v) is 10.1. The molecule has 0 saturated heterocycles. The van der Waals surface area contributed by atoms with Crippen molar-refractivity contribution in [2.45, 2.75) is 5.92 Å². The fraction of sp³-hybridized carbons (Fsp3) is 0.125. The molecule has 2 heterocycles. The molecule has 4 nitrogen and oxygen atoms in total. The first-order chi connectivity index (χ1) is 14.2. The van der Waals surface area contributed by atoms with Crippen LogP contribution in [0.25, 0.3) is 11.3 Å². The number of methoxy groups -OCH3 is 2. The van der Waals surface area contributed by atoms with Crippen molar-refractivity contribution >= 4 is 17.2 Å². The fourth-order valence-electron chi connectivity index (χ4n) is 3.36. The number of rotatable bonds is 6. The van der Waals surface area contributed by atoms with Crippen LogP contribution in [0.2, 0.25) is 0 Å². The Balaban J connectivity index is 1.77. The van der Waals surface area contributed by atoms with E-state index in [4.69, 9.17) is 15.2 Å². The molecule has 4 aromatic rings. The minimum Gasteiger partial charge on any atom is -0.497 e. The van der Waals surface area contributed by atoms with E-state index in [1.165, 1.54) is 16.0 Å². The Kier molecular flexibility index (Phi) is 5.49. The molecule has 4 rings (SSSR count). The van der Waals surface area contributed by atoms with Crippen LogP contribution >= 0.6 is 11.3 Å². The third-order valence-electron chi connectivity index (χ3n) is 4.87. The summed E-state index contributed by atoms with van der Waals surface area (Å²) in [7, 11) is 3.36. The zero-order valence-corrected chi connectivity index (χ0v) is 17.1. The molecule has 0 aliphatic carbocycles. The molecular formula is C24H22N2O2S. The standard InChI is InChI=1S/C24H22N2O2S/c1-27-19-10-6-16(7-11-19)24(17-8-12-20(28-2)13-9-17)22-14-18(15-29-22)21-4-3-5-23(25)26-21/h3-15,24H,1-2H3,(H2,25,26). The van der Waals surface area contributed by atoms with Crippen LogP contribution in [0.4, 0.5) is 5.82 Å². The number of hydrogen-bond acceptors (Lipinski definition) is 5. The van der Waals surface area contributed by atoms with Gasteiger partial charge in [0.1, 0.15) is 17.3 Å². The maximum absolute atomic E-state index is 5.87. The van der Waals surface area contributed by atoms with Gasteiger partial charge in [0, 0.05) is 21.7 Å². The Morgan fingerprint density at radius 3 is 1.93 bits per heavy atom. The zero-order chi connectivity index (χ0) is 20.2. The Bertz CT molecular complexity index is 1040. The molecule has 0 unspecified atom stereocenters. The predicted molar refractivity (Wildman–Crippen MR) is 119 cm³/mol. The van der Waals surface area contributed by atoms with Crippen LogP contribution in [0, 0.1) is 0 Å². The Hall–Kier alpha value is -3.31. The number of aromatic nitrogens is 1. The van der Waals surface area contributed by atoms with Gasteiger partial charge in [-0.3, -0.25) is 0 Å². The molecule has 0 aliphatic rings. The second-order valence-corrected chi connectivity index (χ2v) is 7.61. The van der Waals surface area contributed by atoms with Gasteiger partial charge in [-0.15, -0.1) is 11.3 Å². The summed E-state index contributed by atoms with van der Waals surface area (Å²) in [5.74, 6) is 2.32. The first-order valence-electron chi connectivity index (χ1n) is 9.27. The molecule has 2 aromatic carbocycles. The number of hydrogen-bond donors (Lipinski definition) is 1. The van der Waals surface area contributed by atoms with Gasteiger partial charge in [0.2, 0.25) is 0 Å². The molecule has 0 spiro atoms. The van der Waals surface area contributed by atoms with Crippen molar-refractivity contribution in [3.05, 3.63) is 94.2 Å². The van der Waals surface area contributed by atoms with E-state index in [1.54, 1.807) is 31.6 Å². The minimum atomic E-state index is 0.103. The van der Waals surface area contributed by atoms with Gasteiger partial charge < -0.3 is 15.2 Å². The molecule has 0 fully saturated rings. The van der Waals surface area contributed by atoms with Gasteiger partial charge in [0.25, 0.3) is 0 Å². The summed E-state index contributed by atoms with van der Waals surface area (Å²) in [6.07, 6.45) is 0. The van der Waals surface area contributed by atoms with Crippen LogP contribution in [0.5, 0.6) is 11.5 Å². The second kappa shape index (κ2) is 8.37. The van der Waals surface area contributed by atoms with Gasteiger partial charge in [0.05, 0.1) is 19.9 Å². The summed E-state index contributed by atoms with van der Waals surface area (Å²) in [6, 6.07) is 24.4. The normalized spacial score (nSPS) is 10.9. The lowest BCUT2D eigenvalue weighted by Crippen LogP contribution is -2.01. The summed E-state index contributed by atoms with van der Waals surface area (Å²) < 4.78 is 10.7. The summed E-state index contributed by atoms with van der Waals surface area (Å²) in [6.45, 7) is 0. The highest BCUT2D eigenvalue weighted by Crippen LogP contribution is 2.38. The number of benzene rings is 2. The Morgan fingerprint density at radius 1 is 0.828 bits per heavy atom. The van der Waals surface area contributed by atoms with Gasteiger partial charge in [0.15, 0.2) is 0 Å². The number of anilines is 1. The van der Waals surface area contributed by atoms with Crippen LogP contribution in [0.15, 0.2) is 78.2 Å². The summed E-state index contributed by atoms with van der Waals surface area (Å²) in [5.41, 5.74) is 10.2. The summed E-state index contributed by atoms with van der Waals surface area (Å²) in [4.78, 5) is 5.69. The third-order valence-corrected chi connectivity index (χ3v) is 5.87. The van der Waals surface area contributed by atoms with Gasteiger partial charge in [-0.25, -0.2) is 4.98 Å². The minimum absolute atomic E-state index is 0.103. The monoisotopic (exact) mass is 402 g/mol. The van der Waals surface area contributed by atoms with Crippen molar-refractivity contribution in [2.75, 3.05) is 20.0 Å². The van der Waals surface area contributed by atoms with E-state index in [0.717, 1.165) is 22.8 Å². The maximum atomic E-state index is 5.87. The predicted octanol–water partition coefficient (Wildman–Crippen LogP) is 5.59. The average Bonchev–Trinajstić information content (AvgIpc) is 3.25. The zero-order valence-electron chi connectivity index (χ0n) is 16.3. The molecule has 0 radical (unpaired) electrons. The van der Waals surface area contributed by atoms with Crippen LogP contribution in [0.1, 0.15) is 21.9 Å². The second-order valence-electron chi connectivity index (χ2n) is 6.66. The molecule has 0 saturated carbocycles. The Labute approximate surface area is 174 Å². The topological polar surface area (TPSA) is 57.4 Å². The fourth-order valence-corrected chi connectivity index (χ4v) is 4.42. The molecule has 146 valence electrons. The van der Waals surface area contributed by atoms with Crippen molar-refractivity contribution in [3.8, 4) is 22.8 Å². The Morgan fingerprint density at radius 2 is 1.41 bits per heavy atom. The highest BCUT2D eigenvalue weighted by atomic mass is 32.1. The SMILES string of the molecule is COc1ccc(C(c2ccc(OC)cc2)c2cc(-c3cccc(N)n3)cs2)cc1. The molecule has 0 aliphatic heterocycles. The lowest BCUT2D eigenvalue weighted by Gasteiger charge is -2.17. The van der Waals surface area contributed by atoms with Crippen molar-refractivity contribution in [3.63, 3.8) is 0 Å². The van der Waals surface area contributed by atoms with E-state index in [1.807, 2.05) is 36.4 Å². The van der Waals surface area contributed by atoms with Gasteiger partial charge >= 0.3 is 0 Å². The number of ether oxygens (including phenoxy) is 2. The van der Waals surface area contributed by atoms with Crippen molar-refractivity contribution < 1.29 is 9.47 Å². The largest absolute Gasteiger partial charge is 0.497 e. The number of nitrogen functional groups attached to an aromatic ring is 1. The first kappa shape index (κ1) is 19.0. The number of nitrogens with zero attached hydrogens (tertiary/aromatic N) is 1. The van der Waals surface area contributed by atoms with E-state index >= 15 is 0 Å². The van der Waals surface area contributed by atoms with Crippen LogP contribution in [-0.2, 0) is 0 Å². The van der Waals surface area contributed by atoms with Crippen molar-refractivity contribution in [1.29, 1.82) is 0 Å². The van der Waals surface area contributed by atoms with E-state index in [-0.39, 0.29) is 5.92 Å². The third kappa shape index (κ3) is 4.10. The highest BCUT2D eigenvalue weighted by molar-refractivity contribution is 7.10. The molecule has 0 bridgehead atoms. The number of thiophene rings is 1. The number of nitrogens with two attached hydrogens (primary N) is 1. The van der Waals surface area contributed by atoms with Crippen LogP contribution < -0.4 is 15.2 Å². The van der Waals surface area contributed by atoms with Crippen molar-refractivity contribution in [1.82, 2.24) is 4.98 Å². The molecule has 2 N–H and O–H groups in total. The molecule has 0 amide bonds. The lowest BCUT2D eigenvalue weighted by atomic mass is 9.89. The summed E-state index contributed by atoms with van der Waals surface area (Å²) >= 11 is 1.72. The molecule has 0 atom stereocenters. The highest BCUT2D eigenvalue weighted by Gasteiger charge is 2.20. The van der Waals surface area contributed by atoms with Gasteiger partial charge in [-0.2, -0.15) is 0 Å². The van der Waals surface area contributed by atoms with E-state index in [2.05, 4.69) is 40.7 Å². The maximum Gasteiger partial charge on any atom is 0.124 e. The molecular weight excluding hydrogens is 380 g/mol. The molecule has 29 heavy (non-hydrogen) atoms. The van der Waals surface area contributed by atoms with Gasteiger partial charge in [-0.05, 0) is 53.6 Å². The van der Waals surface area contributed by atoms with Crippen LogP contribution in [-0.4, -0.2) is 19.2 Å². The summed E-state index contributed by atoms with van der Waals surface area (Å²) in [5, 5.41) is 2.14. The van der Waals surface area contributed by atoms with E-state index in [9.17, 15) is 0 Å².